The summed E-state index contributed by atoms with van der Waals surface area (Å²) >= 11 is 11.7. The maximum Gasteiger partial charge on any atom is 0.271 e. The highest BCUT2D eigenvalue weighted by Gasteiger charge is 2.26. The van der Waals surface area contributed by atoms with Gasteiger partial charge < -0.3 is 11.1 Å². The molecule has 0 atom stereocenters. The summed E-state index contributed by atoms with van der Waals surface area (Å²) in [6, 6.07) is 2.07. The molecule has 0 radical (unpaired) electrons. The van der Waals surface area contributed by atoms with E-state index in [1.807, 2.05) is 0 Å². The Labute approximate surface area is 130 Å². The number of hydrogen-bond donors (Lipinski definition) is 2. The van der Waals surface area contributed by atoms with Crippen LogP contribution >= 0.6 is 23.2 Å². The van der Waals surface area contributed by atoms with Crippen molar-refractivity contribution in [3.63, 3.8) is 0 Å². The molecule has 1 aromatic carbocycles. The molecule has 0 aromatic heterocycles. The molecular formula is C12H13Cl2N3O4. The van der Waals surface area contributed by atoms with Crippen molar-refractivity contribution in [1.82, 2.24) is 5.32 Å². The van der Waals surface area contributed by atoms with Crippen LogP contribution in [0.3, 0.4) is 0 Å². The van der Waals surface area contributed by atoms with Crippen molar-refractivity contribution in [3.8, 4) is 0 Å². The Bertz CT molecular complexity index is 617. The third-order valence-corrected chi connectivity index (χ3v) is 3.34. The molecule has 0 spiro atoms. The van der Waals surface area contributed by atoms with Gasteiger partial charge in [0.05, 0.1) is 20.5 Å². The number of hydrogen-bond acceptors (Lipinski definition) is 4. The fourth-order valence-corrected chi connectivity index (χ4v) is 2.11. The zero-order valence-electron chi connectivity index (χ0n) is 11.3. The first-order valence-electron chi connectivity index (χ1n) is 5.78. The first-order valence-corrected chi connectivity index (χ1v) is 6.53. The maximum atomic E-state index is 12.2. The van der Waals surface area contributed by atoms with E-state index < -0.39 is 22.3 Å². The summed E-state index contributed by atoms with van der Waals surface area (Å²) in [5.41, 5.74) is 3.65. The quantitative estimate of drug-likeness (QED) is 0.635. The Morgan fingerprint density at radius 3 is 2.43 bits per heavy atom. The van der Waals surface area contributed by atoms with E-state index in [0.717, 1.165) is 12.1 Å². The Hall–Kier alpha value is -1.86. The average molecular weight is 334 g/mol. The van der Waals surface area contributed by atoms with Crippen LogP contribution in [0.2, 0.25) is 10.0 Å². The van der Waals surface area contributed by atoms with Gasteiger partial charge in [-0.2, -0.15) is 0 Å². The summed E-state index contributed by atoms with van der Waals surface area (Å²) in [6.07, 6.45) is -0.0982. The molecule has 0 saturated heterocycles. The zero-order chi connectivity index (χ0) is 16.4. The SMILES string of the molecule is CC(C)(CC(N)=O)NC(=O)c1cc([N+](=O)[O-])cc(Cl)c1Cl. The van der Waals surface area contributed by atoms with E-state index >= 15 is 0 Å². The van der Waals surface area contributed by atoms with Gasteiger partial charge in [-0.05, 0) is 13.8 Å². The summed E-state index contributed by atoms with van der Waals surface area (Å²) in [5.74, 6) is -1.28. The van der Waals surface area contributed by atoms with Crippen LogP contribution < -0.4 is 11.1 Å². The summed E-state index contributed by atoms with van der Waals surface area (Å²) in [5, 5.41) is 13.1. The number of nitro benzene ring substituents is 1. The fraction of sp³-hybridized carbons (Fsp3) is 0.333. The summed E-state index contributed by atoms with van der Waals surface area (Å²) in [4.78, 5) is 33.2. The van der Waals surface area contributed by atoms with Crippen molar-refractivity contribution in [1.29, 1.82) is 0 Å². The molecule has 0 fully saturated rings. The lowest BCUT2D eigenvalue weighted by molar-refractivity contribution is -0.384. The molecule has 0 unspecified atom stereocenters. The van der Waals surface area contributed by atoms with Gasteiger partial charge in [0.15, 0.2) is 0 Å². The molecule has 2 amide bonds. The summed E-state index contributed by atoms with van der Waals surface area (Å²) in [7, 11) is 0. The van der Waals surface area contributed by atoms with Crippen molar-refractivity contribution in [2.24, 2.45) is 5.73 Å². The lowest BCUT2D eigenvalue weighted by atomic mass is 9.99. The van der Waals surface area contributed by atoms with Gasteiger partial charge in [0.25, 0.3) is 11.6 Å². The van der Waals surface area contributed by atoms with E-state index in [4.69, 9.17) is 28.9 Å². The Balaban J connectivity index is 3.13. The second kappa shape index (κ2) is 6.28. The third kappa shape index (κ3) is 4.57. The van der Waals surface area contributed by atoms with E-state index in [-0.39, 0.29) is 27.7 Å². The molecule has 7 nitrogen and oxygen atoms in total. The summed E-state index contributed by atoms with van der Waals surface area (Å²) < 4.78 is 0. The van der Waals surface area contributed by atoms with E-state index in [1.54, 1.807) is 13.8 Å². The van der Waals surface area contributed by atoms with Crippen LogP contribution in [0.4, 0.5) is 5.69 Å². The number of rotatable bonds is 5. The third-order valence-electron chi connectivity index (χ3n) is 2.54. The van der Waals surface area contributed by atoms with Crippen molar-refractivity contribution >= 4 is 40.7 Å². The molecule has 0 heterocycles. The number of halogens is 2. The van der Waals surface area contributed by atoms with Crippen LogP contribution in [0, 0.1) is 10.1 Å². The molecule has 114 valence electrons. The van der Waals surface area contributed by atoms with Crippen LogP contribution in [0.5, 0.6) is 0 Å². The normalized spacial score (nSPS) is 11.0. The molecule has 0 aliphatic heterocycles. The first kappa shape index (κ1) is 17.2. The fourth-order valence-electron chi connectivity index (χ4n) is 1.70. The first-order chi connectivity index (χ1) is 9.53. The van der Waals surface area contributed by atoms with Gasteiger partial charge in [-0.15, -0.1) is 0 Å². The minimum Gasteiger partial charge on any atom is -0.370 e. The Morgan fingerprint density at radius 2 is 1.95 bits per heavy atom. The predicted molar refractivity (Wildman–Crippen MR) is 78.5 cm³/mol. The van der Waals surface area contributed by atoms with Gasteiger partial charge in [0.1, 0.15) is 0 Å². The lowest BCUT2D eigenvalue weighted by Gasteiger charge is -2.25. The van der Waals surface area contributed by atoms with Crippen LogP contribution in [0.15, 0.2) is 12.1 Å². The van der Waals surface area contributed by atoms with Crippen molar-refractivity contribution in [2.45, 2.75) is 25.8 Å². The number of nitro groups is 1. The number of nitrogens with one attached hydrogen (secondary N) is 1. The Morgan fingerprint density at radius 1 is 1.38 bits per heavy atom. The van der Waals surface area contributed by atoms with Crippen molar-refractivity contribution < 1.29 is 14.5 Å². The van der Waals surface area contributed by atoms with Crippen LogP contribution in [-0.2, 0) is 4.79 Å². The highest BCUT2D eigenvalue weighted by molar-refractivity contribution is 6.44. The average Bonchev–Trinajstić information content (AvgIpc) is 2.29. The van der Waals surface area contributed by atoms with E-state index in [2.05, 4.69) is 5.32 Å². The van der Waals surface area contributed by atoms with Crippen molar-refractivity contribution in [3.05, 3.63) is 37.9 Å². The van der Waals surface area contributed by atoms with Gasteiger partial charge in [-0.25, -0.2) is 0 Å². The van der Waals surface area contributed by atoms with Crippen LogP contribution in [0.25, 0.3) is 0 Å². The lowest BCUT2D eigenvalue weighted by Crippen LogP contribution is -2.46. The zero-order valence-corrected chi connectivity index (χ0v) is 12.8. The Kier molecular flexibility index (Phi) is 5.14. The predicted octanol–water partition coefficient (Wildman–Crippen LogP) is 2.29. The van der Waals surface area contributed by atoms with Gasteiger partial charge in [0, 0.05) is 24.1 Å². The number of benzene rings is 1. The molecule has 21 heavy (non-hydrogen) atoms. The van der Waals surface area contributed by atoms with Gasteiger partial charge in [-0.1, -0.05) is 23.2 Å². The number of amides is 2. The number of nitrogens with zero attached hydrogens (tertiary/aromatic N) is 1. The molecule has 0 aliphatic rings. The van der Waals surface area contributed by atoms with Gasteiger partial charge in [0.2, 0.25) is 5.91 Å². The van der Waals surface area contributed by atoms with Crippen LogP contribution in [0.1, 0.15) is 30.6 Å². The second-order valence-electron chi connectivity index (χ2n) is 5.03. The highest BCUT2D eigenvalue weighted by atomic mass is 35.5. The summed E-state index contributed by atoms with van der Waals surface area (Å²) in [6.45, 7) is 3.17. The largest absolute Gasteiger partial charge is 0.370 e. The molecule has 0 bridgehead atoms. The van der Waals surface area contributed by atoms with Gasteiger partial charge in [-0.3, -0.25) is 19.7 Å². The minimum absolute atomic E-state index is 0.0982. The van der Waals surface area contributed by atoms with Crippen LogP contribution in [-0.4, -0.2) is 22.3 Å². The highest BCUT2D eigenvalue weighted by Crippen LogP contribution is 2.31. The molecule has 1 aromatic rings. The number of primary amides is 1. The number of carbonyl (C=O) groups excluding carboxylic acids is 2. The van der Waals surface area contributed by atoms with E-state index in [1.165, 1.54) is 0 Å². The van der Waals surface area contributed by atoms with Gasteiger partial charge >= 0.3 is 0 Å². The molecule has 0 aliphatic carbocycles. The minimum atomic E-state index is -0.927. The number of nitrogens with two attached hydrogens (primary N) is 1. The smallest absolute Gasteiger partial charge is 0.271 e. The molecule has 3 N–H and O–H groups in total. The van der Waals surface area contributed by atoms with E-state index in [9.17, 15) is 19.7 Å². The molecule has 0 saturated carbocycles. The maximum absolute atomic E-state index is 12.2. The molecule has 9 heteroatoms. The molecular weight excluding hydrogens is 321 g/mol. The molecule has 1 rings (SSSR count). The second-order valence-corrected chi connectivity index (χ2v) is 5.81. The van der Waals surface area contributed by atoms with E-state index in [0.29, 0.717) is 0 Å². The monoisotopic (exact) mass is 333 g/mol. The number of carbonyl (C=O) groups is 2. The topological polar surface area (TPSA) is 115 Å². The van der Waals surface area contributed by atoms with Crippen molar-refractivity contribution in [2.75, 3.05) is 0 Å². The standard InChI is InChI=1S/C12H13Cl2N3O4/c1-12(2,5-9(15)18)16-11(19)7-3-6(17(20)21)4-8(13)10(7)14/h3-4H,5H2,1-2H3,(H2,15,18)(H,16,19). The number of non-ortho nitro benzene ring substituents is 1.